The van der Waals surface area contributed by atoms with Crippen molar-refractivity contribution in [2.24, 2.45) is 0 Å². The average molecular weight is 1430 g/mol. The highest BCUT2D eigenvalue weighted by molar-refractivity contribution is 7.47. The maximum Gasteiger partial charge on any atom is 0.472 e. The third kappa shape index (κ3) is 74.9. The van der Waals surface area contributed by atoms with Gasteiger partial charge in [0.25, 0.3) is 0 Å². The van der Waals surface area contributed by atoms with Crippen LogP contribution in [0.3, 0.4) is 0 Å². The molecule has 0 heterocycles. The molecule has 0 bridgehead atoms. The summed E-state index contributed by atoms with van der Waals surface area (Å²) in [5.74, 6) is -1.59. The molecule has 5 atom stereocenters. The van der Waals surface area contributed by atoms with Gasteiger partial charge in [-0.05, 0) is 128 Å². The van der Waals surface area contributed by atoms with Gasteiger partial charge in [0.15, 0.2) is 6.10 Å². The van der Waals surface area contributed by atoms with Crippen molar-refractivity contribution in [1.29, 1.82) is 0 Å². The number of carbonyl (C=O) groups is 3. The summed E-state index contributed by atoms with van der Waals surface area (Å²) in [5.41, 5.74) is 0. The molecule has 99 heavy (non-hydrogen) atoms. The lowest BCUT2D eigenvalue weighted by atomic mass is 10.0. The molecule has 0 rings (SSSR count). The number of hydrogen-bond acceptors (Lipinski definition) is 14. The minimum absolute atomic E-state index is 0.0891. The number of phosphoric acid groups is 2. The third-order valence-electron chi connectivity index (χ3n) is 16.2. The van der Waals surface area contributed by atoms with Crippen molar-refractivity contribution in [2.45, 2.75) is 334 Å². The van der Waals surface area contributed by atoms with Crippen molar-refractivity contribution in [2.75, 3.05) is 39.6 Å². The number of phosphoric ester groups is 2. The second-order valence-electron chi connectivity index (χ2n) is 25.7. The van der Waals surface area contributed by atoms with Gasteiger partial charge in [-0.2, -0.15) is 0 Å². The number of unbranched alkanes of at least 4 members (excludes halogenated alkanes) is 30. The fourth-order valence-corrected chi connectivity index (χ4v) is 11.9. The molecular weight excluding hydrogens is 1290 g/mol. The van der Waals surface area contributed by atoms with Crippen molar-refractivity contribution in [3.05, 3.63) is 122 Å². The molecule has 0 saturated carbocycles. The molecule has 570 valence electrons. The summed E-state index contributed by atoms with van der Waals surface area (Å²) in [6.45, 7) is 2.42. The number of carbonyl (C=O) groups excluding carboxylic acids is 3. The first-order valence-corrected chi connectivity index (χ1v) is 41.8. The Hall–Kier alpha value is -4.05. The van der Waals surface area contributed by atoms with E-state index in [1.165, 1.54) is 83.5 Å². The van der Waals surface area contributed by atoms with Crippen molar-refractivity contribution < 1.29 is 75.8 Å². The van der Waals surface area contributed by atoms with Crippen LogP contribution >= 0.6 is 15.6 Å². The maximum absolute atomic E-state index is 13.0. The van der Waals surface area contributed by atoms with Crippen LogP contribution in [0.4, 0.5) is 0 Å². The molecule has 4 N–H and O–H groups in total. The Morgan fingerprint density at radius 2 is 0.535 bits per heavy atom. The Labute approximate surface area is 602 Å². The topological polar surface area (TPSA) is 231 Å². The van der Waals surface area contributed by atoms with E-state index in [1.807, 2.05) is 0 Å². The van der Waals surface area contributed by atoms with Gasteiger partial charge in [-0.15, -0.1) is 0 Å². The summed E-state index contributed by atoms with van der Waals surface area (Å²) >= 11 is 0. The van der Waals surface area contributed by atoms with Crippen molar-refractivity contribution in [3.63, 3.8) is 0 Å². The molecular formula is C81H140O16P2. The first-order chi connectivity index (χ1) is 48.2. The second kappa shape index (κ2) is 73.7. The largest absolute Gasteiger partial charge is 0.472 e. The van der Waals surface area contributed by atoms with Gasteiger partial charge in [0.2, 0.25) is 0 Å². The van der Waals surface area contributed by atoms with Crippen molar-refractivity contribution >= 4 is 33.6 Å². The van der Waals surface area contributed by atoms with E-state index in [2.05, 4.69) is 142 Å². The second-order valence-corrected chi connectivity index (χ2v) is 28.7. The summed E-state index contributed by atoms with van der Waals surface area (Å²) in [4.78, 5) is 58.6. The lowest BCUT2D eigenvalue weighted by Crippen LogP contribution is -2.30. The standard InChI is InChI=1S/C81H140O16P2/c1-4-7-10-13-16-19-22-25-28-31-32-33-34-35-36-37-38-39-40-41-42-45-47-49-52-55-58-61-64-67-79(84)91-70-76(82)71-93-98(87,88)94-72-77(83)73-95-99(89,90)96-75-78(97-81(86)69-66-63-60-57-54-51-48-44-30-27-24-21-18-15-12-9-6-3)74-92-80(85)68-65-62-59-56-53-50-46-43-29-26-23-20-17-14-11-8-5-2/h8-9,11-12,16-21,25-30,32-33,35-36,76-78,82-83H,4-7,10,13-15,22-24,31,34,37-75H2,1-3H3,(H,87,88)(H,89,90)/b11-8-,12-9-,19-16-,20-17-,21-18-,28-25-,29-26-,30-27-,33-32-,36-35-. The van der Waals surface area contributed by atoms with E-state index in [4.69, 9.17) is 32.3 Å². The highest BCUT2D eigenvalue weighted by atomic mass is 31.2. The van der Waals surface area contributed by atoms with E-state index in [1.54, 1.807) is 0 Å². The molecule has 0 aliphatic heterocycles. The van der Waals surface area contributed by atoms with E-state index in [9.17, 15) is 43.5 Å². The molecule has 0 saturated heterocycles. The Morgan fingerprint density at radius 3 is 0.848 bits per heavy atom. The number of rotatable bonds is 73. The van der Waals surface area contributed by atoms with Crippen molar-refractivity contribution in [1.82, 2.24) is 0 Å². The van der Waals surface area contributed by atoms with Gasteiger partial charge >= 0.3 is 33.6 Å². The molecule has 0 aliphatic carbocycles. The van der Waals surface area contributed by atoms with Crippen LogP contribution in [0.25, 0.3) is 0 Å². The van der Waals surface area contributed by atoms with Gasteiger partial charge in [0.1, 0.15) is 25.4 Å². The average Bonchev–Trinajstić information content (AvgIpc) is 2.31. The molecule has 0 aliphatic rings. The molecule has 0 spiro atoms. The molecule has 18 heteroatoms. The Morgan fingerprint density at radius 1 is 0.293 bits per heavy atom. The lowest BCUT2D eigenvalue weighted by Gasteiger charge is -2.21. The van der Waals surface area contributed by atoms with Crippen LogP contribution in [0, 0.1) is 0 Å². The highest BCUT2D eigenvalue weighted by Crippen LogP contribution is 2.45. The van der Waals surface area contributed by atoms with Crippen LogP contribution in [-0.4, -0.2) is 95.9 Å². The number of ether oxygens (including phenoxy) is 3. The molecule has 0 aromatic carbocycles. The zero-order chi connectivity index (χ0) is 72.3. The molecule has 0 aromatic heterocycles. The van der Waals surface area contributed by atoms with Gasteiger partial charge < -0.3 is 34.2 Å². The molecule has 5 unspecified atom stereocenters. The SMILES string of the molecule is CC/C=C\C/C=C\C/C=C\CCCCCCCCCC(=O)OCC(COP(=O)(O)OCC(O)COP(=O)(O)OCC(O)COC(=O)CCCCCCCCCCCCCCC/C=C\C/C=C\C/C=C\C/C=C\CCCCC)OC(=O)CCCCCCCCC/C=C\C/C=C\C/C=C\CC. The van der Waals surface area contributed by atoms with E-state index in [0.717, 1.165) is 173 Å². The fraction of sp³-hybridized carbons (Fsp3) is 0.716. The van der Waals surface area contributed by atoms with E-state index in [-0.39, 0.29) is 19.3 Å². The minimum atomic E-state index is -4.94. The van der Waals surface area contributed by atoms with Crippen molar-refractivity contribution in [3.8, 4) is 0 Å². The van der Waals surface area contributed by atoms with Crippen LogP contribution < -0.4 is 0 Å². The van der Waals surface area contributed by atoms with Crippen LogP contribution in [0.1, 0.15) is 316 Å². The zero-order valence-corrected chi connectivity index (χ0v) is 63.9. The van der Waals surface area contributed by atoms with Crippen LogP contribution in [0.5, 0.6) is 0 Å². The highest BCUT2D eigenvalue weighted by Gasteiger charge is 2.29. The number of aliphatic hydroxyl groups is 2. The normalized spacial score (nSPS) is 14.7. The molecule has 16 nitrogen and oxygen atoms in total. The van der Waals surface area contributed by atoms with E-state index >= 15 is 0 Å². The number of allylic oxidation sites excluding steroid dienone is 20. The minimum Gasteiger partial charge on any atom is -0.463 e. The molecule has 0 amide bonds. The summed E-state index contributed by atoms with van der Waals surface area (Å²) in [5, 5.41) is 20.6. The summed E-state index contributed by atoms with van der Waals surface area (Å²) in [6, 6.07) is 0. The van der Waals surface area contributed by atoms with Crippen LogP contribution in [0.15, 0.2) is 122 Å². The predicted octanol–water partition coefficient (Wildman–Crippen LogP) is 22.5. The van der Waals surface area contributed by atoms with Gasteiger partial charge in [-0.3, -0.25) is 32.5 Å². The lowest BCUT2D eigenvalue weighted by molar-refractivity contribution is -0.161. The Kier molecular flexibility index (Phi) is 70.7. The smallest absolute Gasteiger partial charge is 0.463 e. The van der Waals surface area contributed by atoms with Crippen LogP contribution in [0.2, 0.25) is 0 Å². The van der Waals surface area contributed by atoms with Gasteiger partial charge in [-0.25, -0.2) is 9.13 Å². The quantitative estimate of drug-likeness (QED) is 0.0146. The van der Waals surface area contributed by atoms with Crippen LogP contribution in [-0.2, 0) is 55.8 Å². The Balaban J connectivity index is 4.53. The third-order valence-corrected chi connectivity index (χ3v) is 18.1. The van der Waals surface area contributed by atoms with E-state index < -0.39 is 91.5 Å². The van der Waals surface area contributed by atoms with Gasteiger partial charge in [0, 0.05) is 19.3 Å². The van der Waals surface area contributed by atoms with E-state index in [0.29, 0.717) is 19.3 Å². The maximum atomic E-state index is 13.0. The number of hydrogen-bond donors (Lipinski definition) is 4. The predicted molar refractivity (Wildman–Crippen MR) is 408 cm³/mol. The monoisotopic (exact) mass is 1430 g/mol. The van der Waals surface area contributed by atoms with Gasteiger partial charge in [0.05, 0.1) is 26.4 Å². The summed E-state index contributed by atoms with van der Waals surface area (Å²) < 4.78 is 61.1. The zero-order valence-electron chi connectivity index (χ0n) is 62.1. The number of esters is 3. The molecule has 0 aromatic rings. The molecule has 0 radical (unpaired) electrons. The first-order valence-electron chi connectivity index (χ1n) is 38.8. The first kappa shape index (κ1) is 94.9. The summed E-state index contributed by atoms with van der Waals surface area (Å²) in [7, 11) is -9.79. The van der Waals surface area contributed by atoms with Gasteiger partial charge in [-0.1, -0.05) is 290 Å². The fourth-order valence-electron chi connectivity index (χ4n) is 10.3. The molecule has 0 fully saturated rings. The summed E-state index contributed by atoms with van der Waals surface area (Å²) in [6.07, 6.45) is 86.7. The number of aliphatic hydroxyl groups excluding tert-OH is 2. The Bertz CT molecular complexity index is 2290.